The molecule has 0 aliphatic heterocycles. The molecule has 5 heteroatoms. The van der Waals surface area contributed by atoms with Gasteiger partial charge in [0.05, 0.1) is 5.02 Å². The molecule has 0 aliphatic rings. The fourth-order valence-electron chi connectivity index (χ4n) is 0.719. The summed E-state index contributed by atoms with van der Waals surface area (Å²) < 4.78 is 24.6. The third-order valence-corrected chi connectivity index (χ3v) is 3.21. The average molecular weight is 205 g/mol. The van der Waals surface area contributed by atoms with Crippen molar-refractivity contribution >= 4 is 21.6 Å². The molecule has 0 amide bonds. The Labute approximate surface area is 76.4 Å². The fourth-order valence-corrected chi connectivity index (χ4v) is 1.92. The molecule has 3 nitrogen and oxygen atoms in total. The molecular formula is C7H7ClNO2S. The van der Waals surface area contributed by atoms with Crippen molar-refractivity contribution in [1.82, 2.24) is 4.72 Å². The summed E-state index contributed by atoms with van der Waals surface area (Å²) in [5.74, 6) is 0. The molecule has 0 aliphatic carbocycles. The molecule has 1 rings (SSSR count). The van der Waals surface area contributed by atoms with Crippen LogP contribution < -0.4 is 4.72 Å². The molecule has 0 saturated carbocycles. The zero-order valence-electron chi connectivity index (χ0n) is 6.33. The normalized spacial score (nSPS) is 11.5. The maximum absolute atomic E-state index is 11.2. The van der Waals surface area contributed by atoms with Gasteiger partial charge in [0.1, 0.15) is 4.90 Å². The van der Waals surface area contributed by atoms with Gasteiger partial charge in [0.25, 0.3) is 0 Å². The Morgan fingerprint density at radius 3 is 2.75 bits per heavy atom. The van der Waals surface area contributed by atoms with Crippen molar-refractivity contribution in [1.29, 1.82) is 0 Å². The first kappa shape index (κ1) is 9.51. The lowest BCUT2D eigenvalue weighted by molar-refractivity contribution is 0.588. The van der Waals surface area contributed by atoms with Crippen molar-refractivity contribution in [2.24, 2.45) is 0 Å². The standard InChI is InChI=1S/C7H7ClNO2S/c1-9-12(10,11)7-5-3-2-4-6(7)8/h2-3,5,9H,1H3. The minimum absolute atomic E-state index is 0.0502. The molecule has 1 aromatic rings. The lowest BCUT2D eigenvalue weighted by Crippen LogP contribution is -2.18. The van der Waals surface area contributed by atoms with Gasteiger partial charge in [-0.25, -0.2) is 13.1 Å². The summed E-state index contributed by atoms with van der Waals surface area (Å²) in [6.45, 7) is 0. The van der Waals surface area contributed by atoms with Gasteiger partial charge in [0.2, 0.25) is 10.0 Å². The zero-order chi connectivity index (χ0) is 9.19. The second kappa shape index (κ2) is 3.43. The number of hydrogen-bond acceptors (Lipinski definition) is 2. The molecule has 65 valence electrons. The van der Waals surface area contributed by atoms with E-state index in [-0.39, 0.29) is 9.92 Å². The highest BCUT2D eigenvalue weighted by Gasteiger charge is 2.14. The van der Waals surface area contributed by atoms with E-state index in [1.807, 2.05) is 0 Å². The highest BCUT2D eigenvalue weighted by atomic mass is 35.5. The lowest BCUT2D eigenvalue weighted by atomic mass is 10.4. The van der Waals surface area contributed by atoms with Gasteiger partial charge in [-0.3, -0.25) is 0 Å². The molecular weight excluding hydrogens is 198 g/mol. The summed E-state index contributed by atoms with van der Waals surface area (Å²) in [6.07, 6.45) is 0. The third-order valence-electron chi connectivity index (χ3n) is 1.33. The van der Waals surface area contributed by atoms with E-state index in [0.717, 1.165) is 0 Å². The maximum atomic E-state index is 11.2. The Kier molecular flexibility index (Phi) is 2.72. The Bertz CT molecular complexity index is 375. The van der Waals surface area contributed by atoms with Crippen LogP contribution in [0.3, 0.4) is 0 Å². The predicted octanol–water partition coefficient (Wildman–Crippen LogP) is 1.05. The Balaban J connectivity index is 3.30. The largest absolute Gasteiger partial charge is 0.241 e. The topological polar surface area (TPSA) is 46.2 Å². The summed E-state index contributed by atoms with van der Waals surface area (Å²) in [7, 11) is -2.11. The van der Waals surface area contributed by atoms with Crippen LogP contribution in [0.1, 0.15) is 0 Å². The van der Waals surface area contributed by atoms with E-state index in [0.29, 0.717) is 0 Å². The quantitative estimate of drug-likeness (QED) is 0.783. The molecule has 0 aromatic heterocycles. The summed E-state index contributed by atoms with van der Waals surface area (Å²) in [6, 6.07) is 7.13. The first-order valence-corrected chi connectivity index (χ1v) is 5.04. The van der Waals surface area contributed by atoms with Crippen LogP contribution in [0, 0.1) is 6.07 Å². The van der Waals surface area contributed by atoms with Crippen molar-refractivity contribution < 1.29 is 8.42 Å². The molecule has 0 fully saturated rings. The summed E-state index contributed by atoms with van der Waals surface area (Å²) in [5, 5.41) is 0.104. The number of sulfonamides is 1. The zero-order valence-corrected chi connectivity index (χ0v) is 7.91. The van der Waals surface area contributed by atoms with E-state index in [4.69, 9.17) is 11.6 Å². The van der Waals surface area contributed by atoms with Crippen LogP contribution in [0.15, 0.2) is 23.1 Å². The van der Waals surface area contributed by atoms with Crippen LogP contribution in [-0.2, 0) is 10.0 Å². The van der Waals surface area contributed by atoms with Crippen LogP contribution in [0.2, 0.25) is 5.02 Å². The van der Waals surface area contributed by atoms with Gasteiger partial charge in [0, 0.05) is 6.07 Å². The first-order chi connectivity index (χ1) is 5.58. The van der Waals surface area contributed by atoms with Gasteiger partial charge in [-0.1, -0.05) is 23.7 Å². The third kappa shape index (κ3) is 1.77. The van der Waals surface area contributed by atoms with E-state index in [9.17, 15) is 8.42 Å². The molecule has 0 unspecified atom stereocenters. The molecule has 0 saturated heterocycles. The van der Waals surface area contributed by atoms with Gasteiger partial charge >= 0.3 is 0 Å². The van der Waals surface area contributed by atoms with Crippen molar-refractivity contribution in [2.45, 2.75) is 4.90 Å². The van der Waals surface area contributed by atoms with Crippen LogP contribution >= 0.6 is 11.6 Å². The van der Waals surface area contributed by atoms with Crippen LogP contribution in [-0.4, -0.2) is 15.5 Å². The SMILES string of the molecule is CNS(=O)(=O)c1ccc[c]c1Cl. The number of hydrogen-bond donors (Lipinski definition) is 1. The van der Waals surface area contributed by atoms with Crippen LogP contribution in [0.25, 0.3) is 0 Å². The first-order valence-electron chi connectivity index (χ1n) is 3.17. The number of benzene rings is 1. The fraction of sp³-hybridized carbons (Fsp3) is 0.143. The number of rotatable bonds is 2. The number of halogens is 1. The van der Waals surface area contributed by atoms with Gasteiger partial charge in [-0.15, -0.1) is 0 Å². The second-order valence-electron chi connectivity index (χ2n) is 2.06. The Hall–Kier alpha value is -0.580. The van der Waals surface area contributed by atoms with Crippen molar-refractivity contribution in [3.63, 3.8) is 0 Å². The average Bonchev–Trinajstić information content (AvgIpc) is 2.05. The molecule has 0 bridgehead atoms. The van der Waals surface area contributed by atoms with E-state index in [1.54, 1.807) is 12.1 Å². The smallest absolute Gasteiger partial charge is 0.214 e. The van der Waals surface area contributed by atoms with Crippen molar-refractivity contribution in [3.8, 4) is 0 Å². The minimum Gasteiger partial charge on any atom is -0.214 e. The van der Waals surface area contributed by atoms with Gasteiger partial charge in [-0.05, 0) is 13.1 Å². The van der Waals surface area contributed by atoms with Crippen molar-refractivity contribution in [2.75, 3.05) is 7.05 Å². The molecule has 1 aromatic carbocycles. The van der Waals surface area contributed by atoms with Crippen molar-refractivity contribution in [3.05, 3.63) is 29.3 Å². The maximum Gasteiger partial charge on any atom is 0.241 e. The van der Waals surface area contributed by atoms with E-state index in [2.05, 4.69) is 10.8 Å². The van der Waals surface area contributed by atoms with E-state index < -0.39 is 10.0 Å². The summed E-state index contributed by atoms with van der Waals surface area (Å²) in [5.41, 5.74) is 0. The molecule has 0 atom stereocenters. The molecule has 1 N–H and O–H groups in total. The van der Waals surface area contributed by atoms with Crippen LogP contribution in [0.4, 0.5) is 0 Å². The van der Waals surface area contributed by atoms with Gasteiger partial charge < -0.3 is 0 Å². The van der Waals surface area contributed by atoms with Gasteiger partial charge in [-0.2, -0.15) is 0 Å². The molecule has 12 heavy (non-hydrogen) atoms. The van der Waals surface area contributed by atoms with E-state index in [1.165, 1.54) is 13.1 Å². The highest BCUT2D eigenvalue weighted by Crippen LogP contribution is 2.18. The Morgan fingerprint density at radius 1 is 1.58 bits per heavy atom. The van der Waals surface area contributed by atoms with Crippen LogP contribution in [0.5, 0.6) is 0 Å². The van der Waals surface area contributed by atoms with E-state index >= 15 is 0 Å². The van der Waals surface area contributed by atoms with Gasteiger partial charge in [0.15, 0.2) is 0 Å². The second-order valence-corrected chi connectivity index (χ2v) is 4.29. The number of nitrogens with one attached hydrogen (secondary N) is 1. The monoisotopic (exact) mass is 204 g/mol. The molecule has 1 radical (unpaired) electrons. The predicted molar refractivity (Wildman–Crippen MR) is 46.5 cm³/mol. The lowest BCUT2D eigenvalue weighted by Gasteiger charge is -2.02. The molecule has 0 spiro atoms. The summed E-state index contributed by atoms with van der Waals surface area (Å²) in [4.78, 5) is 0.0502. The minimum atomic E-state index is -3.44. The highest BCUT2D eigenvalue weighted by molar-refractivity contribution is 7.89. The Morgan fingerprint density at radius 2 is 2.25 bits per heavy atom. The molecule has 0 heterocycles. The summed E-state index contributed by atoms with van der Waals surface area (Å²) >= 11 is 5.61.